The molecule has 0 bridgehead atoms. The summed E-state index contributed by atoms with van der Waals surface area (Å²) in [5, 5.41) is 13.8. The molecule has 0 aromatic heterocycles. The third kappa shape index (κ3) is 6.84. The molecule has 1 fully saturated rings. The number of hydrogen-bond donors (Lipinski definition) is 2. The summed E-state index contributed by atoms with van der Waals surface area (Å²) in [7, 11) is 1.30. The van der Waals surface area contributed by atoms with Gasteiger partial charge >= 0.3 is 18.2 Å². The molecular formula is C29H37F3N2O5. The predicted octanol–water partition coefficient (Wildman–Crippen LogP) is 6.14. The van der Waals surface area contributed by atoms with Crippen molar-refractivity contribution in [3.05, 3.63) is 65.2 Å². The SMILES string of the molecule is COc1cc(C(F)(F)F)ccc1CN[C@H]1[C@H](C(C)(C)C)[C@@H](C(=O)O)N(C(=O)OCC(C)C)[C@H]1c1ccccc1. The highest BCUT2D eigenvalue weighted by atomic mass is 19.4. The van der Waals surface area contributed by atoms with Gasteiger partial charge in [-0.2, -0.15) is 13.2 Å². The van der Waals surface area contributed by atoms with Crippen LogP contribution in [0.3, 0.4) is 0 Å². The number of aliphatic carboxylic acids is 1. The summed E-state index contributed by atoms with van der Waals surface area (Å²) in [4.78, 5) is 27.5. The number of carboxylic acids is 1. The lowest BCUT2D eigenvalue weighted by Gasteiger charge is -2.35. The third-order valence-electron chi connectivity index (χ3n) is 6.95. The largest absolute Gasteiger partial charge is 0.496 e. The van der Waals surface area contributed by atoms with E-state index in [2.05, 4.69) is 5.32 Å². The Labute approximate surface area is 227 Å². The van der Waals surface area contributed by atoms with E-state index < -0.39 is 53.3 Å². The lowest BCUT2D eigenvalue weighted by atomic mass is 9.72. The van der Waals surface area contributed by atoms with Crippen molar-refractivity contribution in [3.8, 4) is 5.75 Å². The lowest BCUT2D eigenvalue weighted by Crippen LogP contribution is -2.48. The smallest absolute Gasteiger partial charge is 0.416 e. The third-order valence-corrected chi connectivity index (χ3v) is 6.95. The molecule has 0 radical (unpaired) electrons. The molecule has 2 aromatic rings. The second-order valence-corrected chi connectivity index (χ2v) is 11.3. The van der Waals surface area contributed by atoms with Crippen molar-refractivity contribution in [2.45, 2.75) is 65.5 Å². The summed E-state index contributed by atoms with van der Waals surface area (Å²) >= 11 is 0. The van der Waals surface area contributed by atoms with Crippen LogP contribution in [-0.2, 0) is 22.3 Å². The number of halogens is 3. The molecule has 1 saturated heterocycles. The minimum absolute atomic E-state index is 0.0504. The van der Waals surface area contributed by atoms with Gasteiger partial charge in [0, 0.05) is 24.1 Å². The molecule has 0 saturated carbocycles. The van der Waals surface area contributed by atoms with E-state index in [0.717, 1.165) is 12.1 Å². The number of carboxylic acid groups (broad SMARTS) is 1. The van der Waals surface area contributed by atoms with Crippen molar-refractivity contribution in [1.82, 2.24) is 10.2 Å². The minimum atomic E-state index is -4.52. The Hall–Kier alpha value is -3.27. The first-order valence-electron chi connectivity index (χ1n) is 12.9. The number of amides is 1. The van der Waals surface area contributed by atoms with E-state index in [9.17, 15) is 27.9 Å². The van der Waals surface area contributed by atoms with Crippen molar-refractivity contribution in [2.75, 3.05) is 13.7 Å². The number of methoxy groups -OCH3 is 1. The van der Waals surface area contributed by atoms with Crippen LogP contribution in [0.5, 0.6) is 5.75 Å². The molecule has 1 amide bonds. The number of ether oxygens (including phenoxy) is 2. The molecule has 4 atom stereocenters. The van der Waals surface area contributed by atoms with Gasteiger partial charge in [-0.3, -0.25) is 4.90 Å². The summed E-state index contributed by atoms with van der Waals surface area (Å²) < 4.78 is 50.6. The monoisotopic (exact) mass is 550 g/mol. The molecule has 10 heteroatoms. The van der Waals surface area contributed by atoms with Gasteiger partial charge in [0.15, 0.2) is 0 Å². The van der Waals surface area contributed by atoms with Crippen LogP contribution in [0, 0.1) is 17.3 Å². The number of hydrogen-bond acceptors (Lipinski definition) is 5. The van der Waals surface area contributed by atoms with Crippen molar-refractivity contribution in [1.29, 1.82) is 0 Å². The molecule has 1 heterocycles. The topological polar surface area (TPSA) is 88.1 Å². The van der Waals surface area contributed by atoms with Gasteiger partial charge < -0.3 is 19.9 Å². The highest BCUT2D eigenvalue weighted by molar-refractivity contribution is 5.82. The Morgan fingerprint density at radius 1 is 1.08 bits per heavy atom. The maximum Gasteiger partial charge on any atom is 0.416 e. The predicted molar refractivity (Wildman–Crippen MR) is 140 cm³/mol. The highest BCUT2D eigenvalue weighted by Crippen LogP contribution is 2.48. The first-order valence-corrected chi connectivity index (χ1v) is 12.9. The van der Waals surface area contributed by atoms with Gasteiger partial charge in [-0.25, -0.2) is 9.59 Å². The fraction of sp³-hybridized carbons (Fsp3) is 0.517. The Kier molecular flexibility index (Phi) is 9.20. The molecule has 1 aliphatic rings. The second-order valence-electron chi connectivity index (χ2n) is 11.3. The fourth-order valence-electron chi connectivity index (χ4n) is 5.29. The number of carbonyl (C=O) groups excluding carboxylic acids is 1. The van der Waals surface area contributed by atoms with E-state index in [1.165, 1.54) is 18.1 Å². The Balaban J connectivity index is 2.09. The summed E-state index contributed by atoms with van der Waals surface area (Å²) in [5.41, 5.74) is -0.222. The molecule has 7 nitrogen and oxygen atoms in total. The summed E-state index contributed by atoms with van der Waals surface area (Å²) in [6, 6.07) is 9.87. The summed E-state index contributed by atoms with van der Waals surface area (Å²) in [6.07, 6.45) is -5.25. The Morgan fingerprint density at radius 2 is 1.72 bits per heavy atom. The minimum Gasteiger partial charge on any atom is -0.496 e. The van der Waals surface area contributed by atoms with Gasteiger partial charge in [-0.05, 0) is 29.0 Å². The van der Waals surface area contributed by atoms with Gasteiger partial charge in [0.1, 0.15) is 11.8 Å². The quantitative estimate of drug-likeness (QED) is 0.411. The standard InChI is InChI=1S/C29H37F3N2O5/c1-17(2)16-39-27(37)34-24(18-10-8-7-9-11-18)23(22(28(3,4)5)25(34)26(35)36)33-15-19-12-13-20(29(30,31)32)14-21(19)38-6/h7-14,17,22-25,33H,15-16H2,1-6H3,(H,35,36)/t22-,23-,24-,25-/m0/s1. The molecule has 0 aliphatic carbocycles. The Bertz CT molecular complexity index is 1150. The van der Waals surface area contributed by atoms with Crippen LogP contribution in [0.1, 0.15) is 57.4 Å². The number of benzene rings is 2. The molecule has 3 rings (SSSR count). The van der Waals surface area contributed by atoms with Gasteiger partial charge in [0.05, 0.1) is 25.3 Å². The number of likely N-dealkylation sites (tertiary alicyclic amines) is 1. The normalized spacial score (nSPS) is 21.7. The average Bonchev–Trinajstić information content (AvgIpc) is 3.22. The van der Waals surface area contributed by atoms with E-state index in [-0.39, 0.29) is 24.8 Å². The summed E-state index contributed by atoms with van der Waals surface area (Å²) in [5.74, 6) is -1.63. The van der Waals surface area contributed by atoms with Crippen LogP contribution in [0.2, 0.25) is 0 Å². The van der Waals surface area contributed by atoms with Crippen LogP contribution >= 0.6 is 0 Å². The van der Waals surface area contributed by atoms with Crippen molar-refractivity contribution in [2.24, 2.45) is 17.3 Å². The maximum absolute atomic E-state index is 13.5. The Morgan fingerprint density at radius 3 is 2.23 bits per heavy atom. The first-order chi connectivity index (χ1) is 18.2. The molecule has 214 valence electrons. The van der Waals surface area contributed by atoms with E-state index in [1.54, 1.807) is 0 Å². The van der Waals surface area contributed by atoms with E-state index in [4.69, 9.17) is 9.47 Å². The number of alkyl halides is 3. The van der Waals surface area contributed by atoms with Crippen LogP contribution in [0.15, 0.2) is 48.5 Å². The molecule has 0 unspecified atom stereocenters. The number of nitrogens with zero attached hydrogens (tertiary/aromatic N) is 1. The van der Waals surface area contributed by atoms with Crippen molar-refractivity contribution in [3.63, 3.8) is 0 Å². The van der Waals surface area contributed by atoms with E-state index >= 15 is 0 Å². The molecule has 2 N–H and O–H groups in total. The molecule has 39 heavy (non-hydrogen) atoms. The number of carbonyl (C=O) groups is 2. The summed E-state index contributed by atoms with van der Waals surface area (Å²) in [6.45, 7) is 9.72. The van der Waals surface area contributed by atoms with Crippen LogP contribution in [0.25, 0.3) is 0 Å². The van der Waals surface area contributed by atoms with Crippen molar-refractivity contribution < 1.29 is 37.3 Å². The molecular weight excluding hydrogens is 513 g/mol. The van der Waals surface area contributed by atoms with Gasteiger partial charge in [-0.1, -0.05) is 71.0 Å². The van der Waals surface area contributed by atoms with E-state index in [1.807, 2.05) is 65.0 Å². The van der Waals surface area contributed by atoms with Gasteiger partial charge in [0.25, 0.3) is 0 Å². The zero-order valence-electron chi connectivity index (χ0n) is 23.1. The van der Waals surface area contributed by atoms with Crippen LogP contribution in [-0.4, -0.2) is 47.9 Å². The first kappa shape index (κ1) is 30.3. The molecule has 2 aromatic carbocycles. The maximum atomic E-state index is 13.5. The van der Waals surface area contributed by atoms with Gasteiger partial charge in [0.2, 0.25) is 0 Å². The van der Waals surface area contributed by atoms with Crippen LogP contribution < -0.4 is 10.1 Å². The average molecular weight is 551 g/mol. The fourth-order valence-corrected chi connectivity index (χ4v) is 5.29. The number of rotatable bonds is 8. The molecule has 0 spiro atoms. The van der Waals surface area contributed by atoms with E-state index in [0.29, 0.717) is 11.1 Å². The lowest BCUT2D eigenvalue weighted by molar-refractivity contribution is -0.144. The molecule has 1 aliphatic heterocycles. The van der Waals surface area contributed by atoms with Crippen LogP contribution in [0.4, 0.5) is 18.0 Å². The number of nitrogens with one attached hydrogen (secondary N) is 1. The van der Waals surface area contributed by atoms with Gasteiger partial charge in [-0.15, -0.1) is 0 Å². The van der Waals surface area contributed by atoms with Crippen molar-refractivity contribution >= 4 is 12.1 Å². The zero-order valence-corrected chi connectivity index (χ0v) is 23.1. The second kappa shape index (κ2) is 11.9. The highest BCUT2D eigenvalue weighted by Gasteiger charge is 2.58. The zero-order chi connectivity index (χ0) is 29.1.